The van der Waals surface area contributed by atoms with Gasteiger partial charge in [-0.3, -0.25) is 0 Å². The minimum absolute atomic E-state index is 0.120. The molecule has 2 N–H and O–H groups in total. The van der Waals surface area contributed by atoms with Crippen LogP contribution in [0.3, 0.4) is 0 Å². The van der Waals surface area contributed by atoms with Gasteiger partial charge in [0.2, 0.25) is 0 Å². The standard InChI is InChI=1S/C13H16BrClN2O/c14-9-5-16-12-10(11(9)15)13(7-17-12)3-1-8(6-18)2-4-13/h5,8,18H,1-4,6-7H2,(H,16,17). The molecule has 2 heterocycles. The van der Waals surface area contributed by atoms with Gasteiger partial charge in [0, 0.05) is 30.3 Å². The van der Waals surface area contributed by atoms with E-state index in [2.05, 4.69) is 26.2 Å². The van der Waals surface area contributed by atoms with Crippen molar-refractivity contribution < 1.29 is 5.11 Å². The Bertz CT molecular complexity index is 472. The Hall–Kier alpha value is -0.320. The predicted molar refractivity (Wildman–Crippen MR) is 76.2 cm³/mol. The molecule has 0 aromatic carbocycles. The van der Waals surface area contributed by atoms with Gasteiger partial charge in [0.1, 0.15) is 5.82 Å². The van der Waals surface area contributed by atoms with Crippen molar-refractivity contribution in [3.63, 3.8) is 0 Å². The number of fused-ring (bicyclic) bond motifs is 2. The van der Waals surface area contributed by atoms with Crippen molar-refractivity contribution in [2.45, 2.75) is 31.1 Å². The Balaban J connectivity index is 1.97. The number of aliphatic hydroxyl groups excluding tert-OH is 1. The predicted octanol–water partition coefficient (Wildman–Crippen LogP) is 3.34. The molecule has 3 rings (SSSR count). The minimum Gasteiger partial charge on any atom is -0.396 e. The maximum atomic E-state index is 9.25. The lowest BCUT2D eigenvalue weighted by Crippen LogP contribution is -2.34. The molecule has 1 aliphatic carbocycles. The first-order valence-corrected chi connectivity index (χ1v) is 7.52. The summed E-state index contributed by atoms with van der Waals surface area (Å²) in [5.41, 5.74) is 1.30. The number of pyridine rings is 1. The molecule has 2 aliphatic rings. The second-order valence-electron chi connectivity index (χ2n) is 5.40. The molecule has 0 radical (unpaired) electrons. The zero-order valence-electron chi connectivity index (χ0n) is 10.0. The highest BCUT2D eigenvalue weighted by molar-refractivity contribution is 9.10. The lowest BCUT2D eigenvalue weighted by molar-refractivity contribution is 0.158. The van der Waals surface area contributed by atoms with Gasteiger partial charge in [-0.25, -0.2) is 4.98 Å². The van der Waals surface area contributed by atoms with Gasteiger partial charge in [0.25, 0.3) is 0 Å². The van der Waals surface area contributed by atoms with Gasteiger partial charge in [-0.2, -0.15) is 0 Å². The molecule has 1 spiro atoms. The fourth-order valence-corrected chi connectivity index (χ4v) is 3.90. The van der Waals surface area contributed by atoms with Crippen molar-refractivity contribution in [1.82, 2.24) is 4.98 Å². The molecule has 3 nitrogen and oxygen atoms in total. The molecule has 1 aromatic rings. The molecule has 0 bridgehead atoms. The van der Waals surface area contributed by atoms with E-state index in [-0.39, 0.29) is 5.41 Å². The van der Waals surface area contributed by atoms with Crippen molar-refractivity contribution >= 4 is 33.3 Å². The number of hydrogen-bond acceptors (Lipinski definition) is 3. The van der Waals surface area contributed by atoms with Gasteiger partial charge < -0.3 is 10.4 Å². The van der Waals surface area contributed by atoms with E-state index < -0.39 is 0 Å². The smallest absolute Gasteiger partial charge is 0.131 e. The summed E-state index contributed by atoms with van der Waals surface area (Å²) in [6.07, 6.45) is 6.06. The van der Waals surface area contributed by atoms with E-state index in [9.17, 15) is 5.11 Å². The van der Waals surface area contributed by atoms with E-state index in [1.54, 1.807) is 6.20 Å². The van der Waals surface area contributed by atoms with Gasteiger partial charge in [-0.05, 0) is 47.5 Å². The maximum absolute atomic E-state index is 9.25. The Kier molecular flexibility index (Phi) is 3.28. The largest absolute Gasteiger partial charge is 0.396 e. The fourth-order valence-electron chi connectivity index (χ4n) is 3.26. The zero-order chi connectivity index (χ0) is 12.8. The quantitative estimate of drug-likeness (QED) is 0.829. The lowest BCUT2D eigenvalue weighted by Gasteiger charge is -2.37. The van der Waals surface area contributed by atoms with Crippen LogP contribution >= 0.6 is 27.5 Å². The number of aliphatic hydroxyl groups is 1. The molecule has 98 valence electrons. The van der Waals surface area contributed by atoms with Crippen LogP contribution in [0.1, 0.15) is 31.2 Å². The average molecular weight is 332 g/mol. The molecule has 1 aromatic heterocycles. The monoisotopic (exact) mass is 330 g/mol. The van der Waals surface area contributed by atoms with Gasteiger partial charge in [-0.15, -0.1) is 0 Å². The number of halogens is 2. The molecule has 0 unspecified atom stereocenters. The topological polar surface area (TPSA) is 45.1 Å². The van der Waals surface area contributed by atoms with Crippen LogP contribution in [-0.4, -0.2) is 23.2 Å². The van der Waals surface area contributed by atoms with Gasteiger partial charge in [-0.1, -0.05) is 11.6 Å². The zero-order valence-corrected chi connectivity index (χ0v) is 12.4. The molecule has 0 saturated heterocycles. The summed E-state index contributed by atoms with van der Waals surface area (Å²) >= 11 is 9.92. The Morgan fingerprint density at radius 3 is 2.89 bits per heavy atom. The highest BCUT2D eigenvalue weighted by Gasteiger charge is 2.44. The first kappa shape index (κ1) is 12.7. The molecular weight excluding hydrogens is 316 g/mol. The number of nitrogens with one attached hydrogen (secondary N) is 1. The second kappa shape index (κ2) is 4.66. The van der Waals surface area contributed by atoms with Crippen LogP contribution < -0.4 is 5.32 Å². The van der Waals surface area contributed by atoms with Crippen LogP contribution in [0.4, 0.5) is 5.82 Å². The van der Waals surface area contributed by atoms with E-state index >= 15 is 0 Å². The van der Waals surface area contributed by atoms with Crippen molar-refractivity contribution in [2.24, 2.45) is 5.92 Å². The highest BCUT2D eigenvalue weighted by Crippen LogP contribution is 2.50. The van der Waals surface area contributed by atoms with Crippen LogP contribution in [0, 0.1) is 5.92 Å². The average Bonchev–Trinajstić information content (AvgIpc) is 2.75. The molecule has 0 atom stereocenters. The Morgan fingerprint density at radius 1 is 1.50 bits per heavy atom. The maximum Gasteiger partial charge on any atom is 0.131 e. The molecular formula is C13H16BrClN2O. The fraction of sp³-hybridized carbons (Fsp3) is 0.615. The van der Waals surface area contributed by atoms with Crippen LogP contribution in [0.5, 0.6) is 0 Å². The van der Waals surface area contributed by atoms with Gasteiger partial charge in [0.15, 0.2) is 0 Å². The summed E-state index contributed by atoms with van der Waals surface area (Å²) in [7, 11) is 0. The van der Waals surface area contributed by atoms with Gasteiger partial charge >= 0.3 is 0 Å². The Labute approximate surface area is 120 Å². The van der Waals surface area contributed by atoms with Crippen LogP contribution in [-0.2, 0) is 5.41 Å². The van der Waals surface area contributed by atoms with Crippen LogP contribution in [0.25, 0.3) is 0 Å². The summed E-state index contributed by atoms with van der Waals surface area (Å²) in [4.78, 5) is 4.42. The summed E-state index contributed by atoms with van der Waals surface area (Å²) in [5, 5.41) is 13.4. The first-order chi connectivity index (χ1) is 8.66. The third-order valence-corrected chi connectivity index (χ3v) is 5.64. The van der Waals surface area contributed by atoms with Crippen molar-refractivity contribution in [3.8, 4) is 0 Å². The van der Waals surface area contributed by atoms with Crippen molar-refractivity contribution in [3.05, 3.63) is 21.3 Å². The molecule has 1 aliphatic heterocycles. The van der Waals surface area contributed by atoms with E-state index in [4.69, 9.17) is 11.6 Å². The number of hydrogen-bond donors (Lipinski definition) is 2. The van der Waals surface area contributed by atoms with E-state index in [1.807, 2.05) is 0 Å². The van der Waals surface area contributed by atoms with E-state index in [0.29, 0.717) is 12.5 Å². The third kappa shape index (κ3) is 1.86. The number of aromatic nitrogens is 1. The van der Waals surface area contributed by atoms with Crippen molar-refractivity contribution in [2.75, 3.05) is 18.5 Å². The van der Waals surface area contributed by atoms with Crippen LogP contribution in [0.2, 0.25) is 5.02 Å². The van der Waals surface area contributed by atoms with Gasteiger partial charge in [0.05, 0.1) is 9.50 Å². The lowest BCUT2D eigenvalue weighted by atomic mass is 9.68. The summed E-state index contributed by atoms with van der Waals surface area (Å²) in [6.45, 7) is 1.23. The molecule has 0 amide bonds. The SMILES string of the molecule is OCC1CCC2(CC1)CNc1ncc(Br)c(Cl)c12. The van der Waals surface area contributed by atoms with Crippen LogP contribution in [0.15, 0.2) is 10.7 Å². The van der Waals surface area contributed by atoms with Crippen molar-refractivity contribution in [1.29, 1.82) is 0 Å². The normalized spacial score (nSPS) is 30.3. The summed E-state index contributed by atoms with van der Waals surface area (Å²) in [5.74, 6) is 1.39. The molecule has 5 heteroatoms. The third-order valence-electron chi connectivity index (χ3n) is 4.42. The molecule has 18 heavy (non-hydrogen) atoms. The number of rotatable bonds is 1. The molecule has 1 saturated carbocycles. The summed E-state index contributed by atoms with van der Waals surface area (Å²) < 4.78 is 0.871. The first-order valence-electron chi connectivity index (χ1n) is 6.35. The second-order valence-corrected chi connectivity index (χ2v) is 6.64. The summed E-state index contributed by atoms with van der Waals surface area (Å²) in [6, 6.07) is 0. The highest BCUT2D eigenvalue weighted by atomic mass is 79.9. The van der Waals surface area contributed by atoms with E-state index in [1.165, 1.54) is 5.56 Å². The Morgan fingerprint density at radius 2 is 2.22 bits per heavy atom. The minimum atomic E-state index is 0.120. The number of nitrogens with zero attached hydrogens (tertiary/aromatic N) is 1. The molecule has 1 fully saturated rings. The van der Waals surface area contributed by atoms with E-state index in [0.717, 1.165) is 47.5 Å². The number of anilines is 1.